The van der Waals surface area contributed by atoms with Gasteiger partial charge in [0, 0.05) is 17.1 Å². The van der Waals surface area contributed by atoms with E-state index in [0.29, 0.717) is 16.4 Å². The highest BCUT2D eigenvalue weighted by Gasteiger charge is 2.04. The van der Waals surface area contributed by atoms with Gasteiger partial charge < -0.3 is 10.1 Å². The molecule has 0 radical (unpaired) electrons. The molecule has 0 aliphatic carbocycles. The van der Waals surface area contributed by atoms with Gasteiger partial charge in [-0.3, -0.25) is 4.79 Å². The molecule has 0 atom stereocenters. The number of nitrogens with one attached hydrogen (secondary N) is 1. The number of hydrogen-bond donors (Lipinski definition) is 2. The van der Waals surface area contributed by atoms with Gasteiger partial charge in [-0.05, 0) is 12.3 Å². The molecule has 0 aliphatic rings. The van der Waals surface area contributed by atoms with Crippen LogP contribution >= 0.6 is 11.8 Å². The third-order valence-corrected chi connectivity index (χ3v) is 2.56. The molecular weight excluding hydrogens is 214 g/mol. The number of H-pyrrole nitrogens is 1. The van der Waals surface area contributed by atoms with Crippen molar-refractivity contribution in [1.82, 2.24) is 15.0 Å². The summed E-state index contributed by atoms with van der Waals surface area (Å²) in [6.07, 6.45) is 3.49. The third-order valence-electron chi connectivity index (χ3n) is 2.00. The molecule has 78 valence electrons. The first kappa shape index (κ1) is 10.1. The Morgan fingerprint density at radius 3 is 3.07 bits per heavy atom. The molecule has 0 fully saturated rings. The lowest BCUT2D eigenvalue weighted by Gasteiger charge is -2.00. The lowest BCUT2D eigenvalue weighted by Crippen LogP contribution is -2.12. The Kier molecular flexibility index (Phi) is 2.70. The van der Waals surface area contributed by atoms with Crippen LogP contribution in [0.2, 0.25) is 0 Å². The molecule has 2 N–H and O–H groups in total. The van der Waals surface area contributed by atoms with Gasteiger partial charge in [-0.2, -0.15) is 0 Å². The average molecular weight is 223 g/mol. The number of hydrogen-bond acceptors (Lipinski definition) is 5. The number of pyridine rings is 1. The number of rotatable bonds is 2. The van der Waals surface area contributed by atoms with Crippen LogP contribution in [0.4, 0.5) is 0 Å². The van der Waals surface area contributed by atoms with Crippen LogP contribution in [0.5, 0.6) is 0 Å². The summed E-state index contributed by atoms with van der Waals surface area (Å²) >= 11 is 1.41. The predicted molar refractivity (Wildman–Crippen MR) is 57.9 cm³/mol. The summed E-state index contributed by atoms with van der Waals surface area (Å²) in [5.74, 6) is 0. The summed E-state index contributed by atoms with van der Waals surface area (Å²) in [7, 11) is 0. The quantitative estimate of drug-likeness (QED) is 0.573. The van der Waals surface area contributed by atoms with E-state index in [1.807, 2.05) is 6.26 Å². The van der Waals surface area contributed by atoms with E-state index in [2.05, 4.69) is 15.0 Å². The molecule has 15 heavy (non-hydrogen) atoms. The van der Waals surface area contributed by atoms with Crippen molar-refractivity contribution in [3.63, 3.8) is 0 Å². The fraction of sp³-hybridized carbons (Fsp3) is 0.222. The third kappa shape index (κ3) is 1.86. The van der Waals surface area contributed by atoms with Crippen LogP contribution in [-0.4, -0.2) is 26.3 Å². The van der Waals surface area contributed by atoms with E-state index >= 15 is 0 Å². The maximum atomic E-state index is 11.4. The van der Waals surface area contributed by atoms with Gasteiger partial charge in [0.15, 0.2) is 5.16 Å². The molecule has 2 rings (SSSR count). The fourth-order valence-electron chi connectivity index (χ4n) is 1.24. The standard InChI is InChI=1S/C9H9N3O2S/c1-15-9-10-3-5-2-6(4-13)8(14)11-7(5)12-9/h2-3,13H,4H2,1H3,(H,10,11,12,14). The molecule has 0 amide bonds. The molecule has 6 heteroatoms. The lowest BCUT2D eigenvalue weighted by molar-refractivity contribution is 0.280. The Bertz CT molecular complexity index is 553. The molecule has 0 saturated carbocycles. The van der Waals surface area contributed by atoms with E-state index in [1.54, 1.807) is 12.3 Å². The number of aromatic nitrogens is 3. The molecule has 0 aromatic carbocycles. The van der Waals surface area contributed by atoms with Crippen LogP contribution in [-0.2, 0) is 6.61 Å². The number of fused-ring (bicyclic) bond motifs is 1. The second-order valence-corrected chi connectivity index (χ2v) is 3.72. The van der Waals surface area contributed by atoms with Crippen molar-refractivity contribution in [3.05, 3.63) is 28.2 Å². The van der Waals surface area contributed by atoms with Crippen LogP contribution in [0.3, 0.4) is 0 Å². The highest BCUT2D eigenvalue weighted by Crippen LogP contribution is 2.12. The van der Waals surface area contributed by atoms with Crippen molar-refractivity contribution in [2.75, 3.05) is 6.26 Å². The number of nitrogens with zero attached hydrogens (tertiary/aromatic N) is 2. The molecule has 2 aromatic heterocycles. The summed E-state index contributed by atoms with van der Waals surface area (Å²) in [4.78, 5) is 22.2. The van der Waals surface area contributed by atoms with Gasteiger partial charge in [0.05, 0.1) is 6.61 Å². The number of aliphatic hydroxyl groups excluding tert-OH is 1. The zero-order valence-corrected chi connectivity index (χ0v) is 8.84. The predicted octanol–water partition coefficient (Wildman–Crippen LogP) is 0.532. The van der Waals surface area contributed by atoms with E-state index in [-0.39, 0.29) is 12.2 Å². The zero-order valence-electron chi connectivity index (χ0n) is 8.02. The second-order valence-electron chi connectivity index (χ2n) is 2.94. The first-order valence-corrected chi connectivity index (χ1v) is 5.51. The van der Waals surface area contributed by atoms with Crippen molar-refractivity contribution < 1.29 is 5.11 Å². The maximum Gasteiger partial charge on any atom is 0.255 e. The largest absolute Gasteiger partial charge is 0.391 e. The summed E-state index contributed by atoms with van der Waals surface area (Å²) < 4.78 is 0. The molecule has 0 aliphatic heterocycles. The van der Waals surface area contributed by atoms with Crippen molar-refractivity contribution in [1.29, 1.82) is 0 Å². The Morgan fingerprint density at radius 2 is 2.40 bits per heavy atom. The van der Waals surface area contributed by atoms with Gasteiger partial charge in [-0.15, -0.1) is 0 Å². The van der Waals surface area contributed by atoms with Crippen molar-refractivity contribution >= 4 is 22.8 Å². The van der Waals surface area contributed by atoms with Crippen molar-refractivity contribution in [3.8, 4) is 0 Å². The van der Waals surface area contributed by atoms with Gasteiger partial charge in [0.25, 0.3) is 5.56 Å². The Labute approximate surface area is 89.6 Å². The minimum atomic E-state index is -0.309. The highest BCUT2D eigenvalue weighted by molar-refractivity contribution is 7.98. The van der Waals surface area contributed by atoms with E-state index in [1.165, 1.54) is 11.8 Å². The van der Waals surface area contributed by atoms with Gasteiger partial charge in [0.1, 0.15) is 5.65 Å². The Hall–Kier alpha value is -1.40. The van der Waals surface area contributed by atoms with Crippen molar-refractivity contribution in [2.45, 2.75) is 11.8 Å². The minimum absolute atomic E-state index is 0.282. The molecule has 2 heterocycles. The van der Waals surface area contributed by atoms with Gasteiger partial charge >= 0.3 is 0 Å². The minimum Gasteiger partial charge on any atom is -0.391 e. The lowest BCUT2D eigenvalue weighted by atomic mass is 10.2. The number of thioether (sulfide) groups is 1. The SMILES string of the molecule is CSc1ncc2cc(CO)c(=O)[nH]c2n1. The topological polar surface area (TPSA) is 78.9 Å². The molecule has 0 bridgehead atoms. The summed E-state index contributed by atoms with van der Waals surface area (Å²) in [6, 6.07) is 1.60. The maximum absolute atomic E-state index is 11.4. The average Bonchev–Trinajstić information content (AvgIpc) is 2.27. The number of aromatic amines is 1. The molecule has 0 spiro atoms. The van der Waals surface area contributed by atoms with Crippen LogP contribution in [0.1, 0.15) is 5.56 Å². The highest BCUT2D eigenvalue weighted by atomic mass is 32.2. The second kappa shape index (κ2) is 4.00. The summed E-state index contributed by atoms with van der Waals surface area (Å²) in [6.45, 7) is -0.282. The summed E-state index contributed by atoms with van der Waals surface area (Å²) in [5.41, 5.74) is 0.510. The van der Waals surface area contributed by atoms with E-state index < -0.39 is 0 Å². The van der Waals surface area contributed by atoms with Crippen LogP contribution in [0, 0.1) is 0 Å². The monoisotopic (exact) mass is 223 g/mol. The van der Waals surface area contributed by atoms with Crippen LogP contribution in [0.25, 0.3) is 11.0 Å². The first-order chi connectivity index (χ1) is 7.24. The fourth-order valence-corrected chi connectivity index (χ4v) is 1.58. The van der Waals surface area contributed by atoms with Crippen LogP contribution in [0.15, 0.2) is 22.2 Å². The van der Waals surface area contributed by atoms with Gasteiger partial charge in [0.2, 0.25) is 0 Å². The smallest absolute Gasteiger partial charge is 0.255 e. The van der Waals surface area contributed by atoms with Crippen LogP contribution < -0.4 is 5.56 Å². The van der Waals surface area contributed by atoms with E-state index in [9.17, 15) is 4.79 Å². The van der Waals surface area contributed by atoms with Gasteiger partial charge in [-0.1, -0.05) is 11.8 Å². The Balaban J connectivity index is 2.70. The molecular formula is C9H9N3O2S. The zero-order chi connectivity index (χ0) is 10.8. The normalized spacial score (nSPS) is 10.8. The molecule has 0 saturated heterocycles. The molecule has 0 unspecified atom stereocenters. The van der Waals surface area contributed by atoms with Crippen molar-refractivity contribution in [2.24, 2.45) is 0 Å². The summed E-state index contributed by atoms with van der Waals surface area (Å²) in [5, 5.41) is 10.2. The van der Waals surface area contributed by atoms with E-state index in [4.69, 9.17) is 5.11 Å². The first-order valence-electron chi connectivity index (χ1n) is 4.28. The van der Waals surface area contributed by atoms with Gasteiger partial charge in [-0.25, -0.2) is 9.97 Å². The molecule has 5 nitrogen and oxygen atoms in total. The molecule has 2 aromatic rings. The number of aliphatic hydroxyl groups is 1. The Morgan fingerprint density at radius 1 is 1.60 bits per heavy atom. The van der Waals surface area contributed by atoms with E-state index in [0.717, 1.165) is 5.39 Å².